The van der Waals surface area contributed by atoms with Crippen LogP contribution in [-0.4, -0.2) is 32.3 Å². The molecular weight excluding hydrogens is 416 g/mol. The van der Waals surface area contributed by atoms with E-state index >= 15 is 0 Å². The van der Waals surface area contributed by atoms with E-state index in [9.17, 15) is 4.79 Å². The molecule has 31 heavy (non-hydrogen) atoms. The highest BCUT2D eigenvalue weighted by Gasteiger charge is 2.07. The van der Waals surface area contributed by atoms with E-state index in [2.05, 4.69) is 25.7 Å². The van der Waals surface area contributed by atoms with Crippen molar-refractivity contribution in [2.45, 2.75) is 6.92 Å². The molecule has 0 aliphatic carbocycles. The predicted octanol–water partition coefficient (Wildman–Crippen LogP) is 4.39. The first kappa shape index (κ1) is 20.4. The number of nitrogens with zero attached hydrogens (tertiary/aromatic N) is 4. The van der Waals surface area contributed by atoms with Crippen molar-refractivity contribution >= 4 is 34.7 Å². The van der Waals surface area contributed by atoms with E-state index in [1.54, 1.807) is 47.3 Å². The van der Waals surface area contributed by atoms with Crippen molar-refractivity contribution in [3.8, 4) is 11.6 Å². The lowest BCUT2D eigenvalue weighted by Crippen LogP contribution is -2.20. The number of halogens is 1. The first-order valence-corrected chi connectivity index (χ1v) is 9.84. The fraction of sp³-hybridized carbons (Fsp3) is 0.0909. The molecule has 2 aromatic heterocycles. The number of aryl methyl sites for hydroxylation is 1. The van der Waals surface area contributed by atoms with Gasteiger partial charge >= 0.3 is 0 Å². The van der Waals surface area contributed by atoms with Crippen LogP contribution in [0.3, 0.4) is 0 Å². The summed E-state index contributed by atoms with van der Waals surface area (Å²) < 4.78 is 7.12. The van der Waals surface area contributed by atoms with Crippen LogP contribution in [0, 0.1) is 6.92 Å². The summed E-state index contributed by atoms with van der Waals surface area (Å²) in [6.45, 7) is 1.72. The second kappa shape index (κ2) is 9.27. The van der Waals surface area contributed by atoms with Crippen molar-refractivity contribution in [3.63, 3.8) is 0 Å². The van der Waals surface area contributed by atoms with Crippen LogP contribution in [0.4, 0.5) is 17.2 Å². The number of nitrogens with one attached hydrogen (secondary N) is 2. The number of carbonyl (C=O) groups is 1. The average molecular weight is 435 g/mol. The molecule has 0 saturated heterocycles. The van der Waals surface area contributed by atoms with Gasteiger partial charge in [0.05, 0.1) is 0 Å². The normalized spacial score (nSPS) is 10.5. The number of amides is 1. The Morgan fingerprint density at radius 3 is 2.52 bits per heavy atom. The van der Waals surface area contributed by atoms with Crippen molar-refractivity contribution in [1.82, 2.24) is 19.7 Å². The molecule has 4 aromatic rings. The maximum absolute atomic E-state index is 12.1. The fourth-order valence-corrected chi connectivity index (χ4v) is 2.93. The minimum Gasteiger partial charge on any atom is -0.484 e. The van der Waals surface area contributed by atoms with Gasteiger partial charge in [0.1, 0.15) is 17.4 Å². The highest BCUT2D eigenvalue weighted by Crippen LogP contribution is 2.20. The Labute approximate surface area is 183 Å². The molecule has 0 bridgehead atoms. The number of aromatic nitrogens is 4. The molecule has 2 aromatic carbocycles. The molecule has 9 heteroatoms. The maximum atomic E-state index is 12.1. The van der Waals surface area contributed by atoms with E-state index < -0.39 is 0 Å². The molecule has 2 N–H and O–H groups in total. The van der Waals surface area contributed by atoms with Crippen LogP contribution >= 0.6 is 11.6 Å². The third-order valence-electron chi connectivity index (χ3n) is 4.19. The third kappa shape index (κ3) is 5.58. The van der Waals surface area contributed by atoms with Crippen LogP contribution in [0.15, 0.2) is 73.1 Å². The third-order valence-corrected chi connectivity index (χ3v) is 4.44. The van der Waals surface area contributed by atoms with Gasteiger partial charge in [0, 0.05) is 34.9 Å². The second-order valence-electron chi connectivity index (χ2n) is 6.60. The lowest BCUT2D eigenvalue weighted by Gasteiger charge is -2.10. The fourth-order valence-electron chi connectivity index (χ4n) is 2.80. The summed E-state index contributed by atoms with van der Waals surface area (Å²) in [5.74, 6) is 2.26. The highest BCUT2D eigenvalue weighted by atomic mass is 35.5. The van der Waals surface area contributed by atoms with Crippen LogP contribution in [-0.2, 0) is 4.79 Å². The Morgan fingerprint density at radius 1 is 1.06 bits per heavy atom. The Balaban J connectivity index is 1.35. The molecule has 0 aliphatic rings. The van der Waals surface area contributed by atoms with Gasteiger partial charge in [0.25, 0.3) is 5.91 Å². The van der Waals surface area contributed by atoms with Gasteiger partial charge in [-0.2, -0.15) is 5.10 Å². The average Bonchev–Trinajstić information content (AvgIpc) is 3.29. The van der Waals surface area contributed by atoms with Crippen molar-refractivity contribution in [2.75, 3.05) is 17.2 Å². The van der Waals surface area contributed by atoms with E-state index in [0.29, 0.717) is 33.9 Å². The number of benzene rings is 2. The Kier molecular flexibility index (Phi) is 6.09. The summed E-state index contributed by atoms with van der Waals surface area (Å²) in [4.78, 5) is 20.9. The number of ether oxygens (including phenoxy) is 1. The monoisotopic (exact) mass is 434 g/mol. The zero-order valence-electron chi connectivity index (χ0n) is 16.6. The summed E-state index contributed by atoms with van der Waals surface area (Å²) in [7, 11) is 0. The van der Waals surface area contributed by atoms with Crippen LogP contribution in [0.25, 0.3) is 5.82 Å². The summed E-state index contributed by atoms with van der Waals surface area (Å²) in [5.41, 5.74) is 1.48. The van der Waals surface area contributed by atoms with E-state index in [-0.39, 0.29) is 12.5 Å². The number of hydrogen-bond acceptors (Lipinski definition) is 6. The molecule has 4 rings (SSSR count). The van der Waals surface area contributed by atoms with Gasteiger partial charge < -0.3 is 15.4 Å². The molecule has 156 valence electrons. The Bertz CT molecular complexity index is 1160. The number of rotatable bonds is 7. The second-order valence-corrected chi connectivity index (χ2v) is 7.04. The van der Waals surface area contributed by atoms with E-state index in [1.807, 2.05) is 37.4 Å². The number of anilines is 3. The molecule has 0 atom stereocenters. The van der Waals surface area contributed by atoms with Gasteiger partial charge in [0.2, 0.25) is 0 Å². The maximum Gasteiger partial charge on any atom is 0.262 e. The lowest BCUT2D eigenvalue weighted by atomic mass is 10.2. The van der Waals surface area contributed by atoms with Crippen LogP contribution in [0.2, 0.25) is 5.02 Å². The molecule has 0 radical (unpaired) electrons. The zero-order chi connectivity index (χ0) is 21.6. The van der Waals surface area contributed by atoms with Gasteiger partial charge in [-0.1, -0.05) is 11.6 Å². The molecular formula is C22H19ClN6O2. The predicted molar refractivity (Wildman–Crippen MR) is 119 cm³/mol. The molecule has 0 saturated carbocycles. The van der Waals surface area contributed by atoms with Crippen LogP contribution < -0.4 is 15.4 Å². The van der Waals surface area contributed by atoms with E-state index in [1.165, 1.54) is 0 Å². The summed E-state index contributed by atoms with van der Waals surface area (Å²) in [6.07, 6.45) is 3.51. The molecule has 0 aliphatic heterocycles. The summed E-state index contributed by atoms with van der Waals surface area (Å²) >= 11 is 5.83. The SMILES string of the molecule is Cc1nc(Nc2ccc(NC(=O)COc3ccc(Cl)cc3)cc2)cc(-n2cccn2)n1. The smallest absolute Gasteiger partial charge is 0.262 e. The molecule has 1 amide bonds. The summed E-state index contributed by atoms with van der Waals surface area (Å²) in [6, 6.07) is 17.8. The quantitative estimate of drug-likeness (QED) is 0.448. The van der Waals surface area contributed by atoms with Gasteiger partial charge in [0.15, 0.2) is 12.4 Å². The molecule has 2 heterocycles. The van der Waals surface area contributed by atoms with Crippen LogP contribution in [0.1, 0.15) is 5.82 Å². The first-order chi connectivity index (χ1) is 15.0. The highest BCUT2D eigenvalue weighted by molar-refractivity contribution is 6.30. The van der Waals surface area contributed by atoms with E-state index in [0.717, 1.165) is 5.69 Å². The Morgan fingerprint density at radius 2 is 1.81 bits per heavy atom. The number of hydrogen-bond donors (Lipinski definition) is 2. The number of carbonyl (C=O) groups excluding carboxylic acids is 1. The Hall–Kier alpha value is -3.91. The molecule has 0 fully saturated rings. The topological polar surface area (TPSA) is 94.0 Å². The minimum atomic E-state index is -0.258. The molecule has 0 spiro atoms. The zero-order valence-corrected chi connectivity index (χ0v) is 17.4. The standard InChI is InChI=1S/C22H19ClN6O2/c1-15-25-20(13-21(26-15)29-12-2-11-24-29)27-17-5-7-18(8-6-17)28-22(30)14-31-19-9-3-16(23)4-10-19/h2-13H,14H2,1H3,(H,28,30)(H,25,26,27). The molecule has 8 nitrogen and oxygen atoms in total. The van der Waals surface area contributed by atoms with Crippen molar-refractivity contribution in [3.05, 3.63) is 83.9 Å². The van der Waals surface area contributed by atoms with Gasteiger partial charge in [-0.25, -0.2) is 14.6 Å². The van der Waals surface area contributed by atoms with Crippen LogP contribution in [0.5, 0.6) is 5.75 Å². The van der Waals surface area contributed by atoms with Crippen molar-refractivity contribution < 1.29 is 9.53 Å². The van der Waals surface area contributed by atoms with Crippen molar-refractivity contribution in [2.24, 2.45) is 0 Å². The first-order valence-electron chi connectivity index (χ1n) is 9.46. The van der Waals surface area contributed by atoms with E-state index in [4.69, 9.17) is 16.3 Å². The van der Waals surface area contributed by atoms with Gasteiger partial charge in [-0.15, -0.1) is 0 Å². The molecule has 0 unspecified atom stereocenters. The lowest BCUT2D eigenvalue weighted by molar-refractivity contribution is -0.118. The van der Waals surface area contributed by atoms with Gasteiger partial charge in [-0.05, 0) is 61.5 Å². The summed E-state index contributed by atoms with van der Waals surface area (Å²) in [5, 5.41) is 10.8. The largest absolute Gasteiger partial charge is 0.484 e. The van der Waals surface area contributed by atoms with Gasteiger partial charge in [-0.3, -0.25) is 4.79 Å². The minimum absolute atomic E-state index is 0.0992. The van der Waals surface area contributed by atoms with Crippen molar-refractivity contribution in [1.29, 1.82) is 0 Å².